The second kappa shape index (κ2) is 9.31. The maximum Gasteiger partial charge on any atom is 0.125 e. The van der Waals surface area contributed by atoms with Crippen molar-refractivity contribution >= 4 is 0 Å². The molecule has 0 amide bonds. The van der Waals surface area contributed by atoms with E-state index in [2.05, 4.69) is 98.6 Å². The first-order valence-corrected chi connectivity index (χ1v) is 14.0. The van der Waals surface area contributed by atoms with E-state index in [1.807, 2.05) is 48.7 Å². The summed E-state index contributed by atoms with van der Waals surface area (Å²) in [5.74, 6) is 0.265. The number of fused-ring (bicyclic) bond motifs is 3. The number of phenols is 1. The summed E-state index contributed by atoms with van der Waals surface area (Å²) in [5.41, 5.74) is 10.4. The lowest BCUT2D eigenvalue weighted by Crippen LogP contribution is -2.31. The van der Waals surface area contributed by atoms with E-state index in [9.17, 15) is 5.11 Å². The molecule has 0 atom stereocenters. The zero-order valence-electron chi connectivity index (χ0n) is 23.4. The van der Waals surface area contributed by atoms with Gasteiger partial charge in [0.05, 0.1) is 22.8 Å². The Morgan fingerprint density at radius 2 is 1.29 bits per heavy atom. The minimum atomic E-state index is -0.652. The molecule has 4 nitrogen and oxygen atoms in total. The molecule has 3 aromatic carbocycles. The largest absolute Gasteiger partial charge is 0.507 e. The van der Waals surface area contributed by atoms with Crippen LogP contribution >= 0.6 is 0 Å². The van der Waals surface area contributed by atoms with Crippen LogP contribution in [0.2, 0.25) is 0 Å². The second-order valence-corrected chi connectivity index (χ2v) is 11.7. The fourth-order valence-corrected chi connectivity index (χ4v) is 6.22. The van der Waals surface area contributed by atoms with E-state index in [1.54, 1.807) is 0 Å². The minimum Gasteiger partial charge on any atom is -0.507 e. The topological polar surface area (TPSA) is 61.8 Å². The summed E-state index contributed by atoms with van der Waals surface area (Å²) in [6, 6.07) is 39.5. The van der Waals surface area contributed by atoms with Crippen LogP contribution in [0.3, 0.4) is 0 Å². The highest BCUT2D eigenvalue weighted by Gasteiger charge is 2.48. The fraction of sp³-hybridized carbons (Fsp3) is 0.135. The number of aromatic hydroxyl groups is 1. The van der Waals surface area contributed by atoms with Crippen molar-refractivity contribution in [1.82, 2.24) is 15.0 Å². The molecule has 0 aliphatic heterocycles. The van der Waals surface area contributed by atoms with Gasteiger partial charge in [-0.2, -0.15) is 0 Å². The van der Waals surface area contributed by atoms with E-state index in [-0.39, 0.29) is 11.2 Å². The summed E-state index contributed by atoms with van der Waals surface area (Å²) in [4.78, 5) is 13.7. The van der Waals surface area contributed by atoms with Crippen LogP contribution in [-0.2, 0) is 10.8 Å². The Bertz CT molecular complexity index is 1850. The molecule has 3 aromatic heterocycles. The van der Waals surface area contributed by atoms with E-state index in [0.29, 0.717) is 0 Å². The van der Waals surface area contributed by atoms with Gasteiger partial charge in [-0.25, -0.2) is 4.98 Å². The number of aromatic amines is 1. The van der Waals surface area contributed by atoms with Crippen molar-refractivity contribution in [2.75, 3.05) is 0 Å². The van der Waals surface area contributed by atoms with Gasteiger partial charge in [-0.3, -0.25) is 4.98 Å². The van der Waals surface area contributed by atoms with Crippen molar-refractivity contribution in [2.24, 2.45) is 0 Å². The molecule has 1 aliphatic rings. The Kier molecular flexibility index (Phi) is 5.69. The SMILES string of the molecule is CC(C)(C)c1ccc(-c2ccc(-c3cccc(C4(c5ccccn5)c5ccccc5-c5ccccc54)n3)[nH]2)c(O)c1. The summed E-state index contributed by atoms with van der Waals surface area (Å²) in [5, 5.41) is 10.9. The average Bonchev–Trinajstić information content (AvgIpc) is 3.60. The van der Waals surface area contributed by atoms with Crippen molar-refractivity contribution in [2.45, 2.75) is 31.6 Å². The van der Waals surface area contributed by atoms with Crippen LogP contribution in [0.25, 0.3) is 33.8 Å². The van der Waals surface area contributed by atoms with Crippen molar-refractivity contribution in [3.05, 3.63) is 150 Å². The van der Waals surface area contributed by atoms with Gasteiger partial charge in [0.15, 0.2) is 0 Å². The highest BCUT2D eigenvalue weighted by molar-refractivity contribution is 5.85. The minimum absolute atomic E-state index is 0.0394. The first kappa shape index (κ1) is 25.0. The zero-order valence-corrected chi connectivity index (χ0v) is 23.4. The van der Waals surface area contributed by atoms with Crippen molar-refractivity contribution in [1.29, 1.82) is 0 Å². The number of phenolic OH excluding ortho intramolecular Hbond substituents is 1. The molecule has 200 valence electrons. The third kappa shape index (κ3) is 3.90. The Morgan fingerprint density at radius 3 is 1.95 bits per heavy atom. The zero-order chi connectivity index (χ0) is 28.2. The van der Waals surface area contributed by atoms with Crippen molar-refractivity contribution in [3.63, 3.8) is 0 Å². The first-order valence-electron chi connectivity index (χ1n) is 14.0. The van der Waals surface area contributed by atoms with Gasteiger partial charge < -0.3 is 10.1 Å². The summed E-state index contributed by atoms with van der Waals surface area (Å²) in [6.45, 7) is 6.43. The molecule has 1 aliphatic carbocycles. The number of benzene rings is 3. The van der Waals surface area contributed by atoms with Crippen LogP contribution in [0.1, 0.15) is 48.8 Å². The van der Waals surface area contributed by atoms with Crippen LogP contribution in [0, 0.1) is 0 Å². The van der Waals surface area contributed by atoms with Crippen LogP contribution in [-0.4, -0.2) is 20.1 Å². The second-order valence-electron chi connectivity index (χ2n) is 11.7. The molecule has 7 rings (SSSR count). The van der Waals surface area contributed by atoms with Crippen molar-refractivity contribution < 1.29 is 5.11 Å². The molecule has 0 unspecified atom stereocenters. The Morgan fingerprint density at radius 1 is 0.634 bits per heavy atom. The number of nitrogens with zero attached hydrogens (tertiary/aromatic N) is 2. The van der Waals surface area contributed by atoms with E-state index in [1.165, 1.54) is 22.3 Å². The van der Waals surface area contributed by atoms with E-state index in [0.717, 1.165) is 39.6 Å². The number of rotatable bonds is 4. The summed E-state index contributed by atoms with van der Waals surface area (Å²) in [6.07, 6.45) is 1.86. The molecular formula is C37H31N3O. The Labute approximate surface area is 240 Å². The average molecular weight is 534 g/mol. The van der Waals surface area contributed by atoms with E-state index in [4.69, 9.17) is 9.97 Å². The number of aromatic nitrogens is 3. The molecule has 41 heavy (non-hydrogen) atoms. The Hall–Kier alpha value is -4.96. The molecule has 0 radical (unpaired) electrons. The maximum atomic E-state index is 10.9. The summed E-state index contributed by atoms with van der Waals surface area (Å²) >= 11 is 0. The lowest BCUT2D eigenvalue weighted by atomic mass is 9.72. The third-order valence-corrected chi connectivity index (χ3v) is 8.25. The monoisotopic (exact) mass is 533 g/mol. The lowest BCUT2D eigenvalue weighted by molar-refractivity contribution is 0.473. The molecule has 6 aromatic rings. The molecule has 0 bridgehead atoms. The van der Waals surface area contributed by atoms with Gasteiger partial charge in [0, 0.05) is 17.5 Å². The number of nitrogens with one attached hydrogen (secondary N) is 1. The van der Waals surface area contributed by atoms with Gasteiger partial charge in [0.25, 0.3) is 0 Å². The molecule has 0 saturated heterocycles. The van der Waals surface area contributed by atoms with Gasteiger partial charge in [-0.1, -0.05) is 87.5 Å². The highest BCUT2D eigenvalue weighted by Crippen LogP contribution is 2.55. The van der Waals surface area contributed by atoms with Crippen LogP contribution in [0.15, 0.2) is 121 Å². The van der Waals surface area contributed by atoms with Gasteiger partial charge in [0.2, 0.25) is 0 Å². The molecule has 0 spiro atoms. The molecule has 0 fully saturated rings. The van der Waals surface area contributed by atoms with Crippen LogP contribution in [0.4, 0.5) is 0 Å². The van der Waals surface area contributed by atoms with E-state index >= 15 is 0 Å². The standard InChI is InChI=1S/C37H31N3O/c1-36(2,3)24-18-19-27(33(41)23-24)30-20-21-32(39-30)31-15-10-17-35(40-31)37(34-16-8-9-22-38-34)28-13-6-4-11-25(28)26-12-5-7-14-29(26)37/h4-23,39,41H,1-3H3. The van der Waals surface area contributed by atoms with Gasteiger partial charge in [-0.05, 0) is 81.8 Å². The normalized spacial score (nSPS) is 13.5. The molecule has 2 N–H and O–H groups in total. The number of hydrogen-bond acceptors (Lipinski definition) is 3. The Balaban J connectivity index is 1.38. The van der Waals surface area contributed by atoms with Gasteiger partial charge in [0.1, 0.15) is 11.2 Å². The van der Waals surface area contributed by atoms with Gasteiger partial charge in [-0.15, -0.1) is 0 Å². The summed E-state index contributed by atoms with van der Waals surface area (Å²) in [7, 11) is 0. The quantitative estimate of drug-likeness (QED) is 0.238. The lowest BCUT2D eigenvalue weighted by Gasteiger charge is -2.31. The van der Waals surface area contributed by atoms with E-state index < -0.39 is 5.41 Å². The first-order chi connectivity index (χ1) is 19.9. The van der Waals surface area contributed by atoms with Crippen molar-refractivity contribution in [3.8, 4) is 39.5 Å². The highest BCUT2D eigenvalue weighted by atomic mass is 16.3. The molecular weight excluding hydrogens is 502 g/mol. The number of H-pyrrole nitrogens is 1. The fourth-order valence-electron chi connectivity index (χ4n) is 6.22. The predicted octanol–water partition coefficient (Wildman–Crippen LogP) is 8.50. The van der Waals surface area contributed by atoms with Crippen LogP contribution in [0.5, 0.6) is 5.75 Å². The molecule has 4 heteroatoms. The van der Waals surface area contributed by atoms with Gasteiger partial charge >= 0.3 is 0 Å². The predicted molar refractivity (Wildman–Crippen MR) is 165 cm³/mol. The van der Waals surface area contributed by atoms with Crippen LogP contribution < -0.4 is 0 Å². The maximum absolute atomic E-state index is 10.9. The number of pyridine rings is 2. The molecule has 3 heterocycles. The number of hydrogen-bond donors (Lipinski definition) is 2. The summed E-state index contributed by atoms with van der Waals surface area (Å²) < 4.78 is 0. The smallest absolute Gasteiger partial charge is 0.125 e. The molecule has 0 saturated carbocycles. The third-order valence-electron chi connectivity index (χ3n) is 8.25.